The normalized spacial score (nSPS) is 25.4. The maximum atomic E-state index is 12.3. The summed E-state index contributed by atoms with van der Waals surface area (Å²) in [5, 5.41) is 3.04. The minimum atomic E-state index is 0.0955. The van der Waals surface area contributed by atoms with E-state index in [4.69, 9.17) is 0 Å². The Kier molecular flexibility index (Phi) is 4.15. The Hall–Kier alpha value is -1.55. The van der Waals surface area contributed by atoms with Crippen molar-refractivity contribution in [3.63, 3.8) is 0 Å². The van der Waals surface area contributed by atoms with Crippen molar-refractivity contribution in [2.24, 2.45) is 5.92 Å². The van der Waals surface area contributed by atoms with Crippen molar-refractivity contribution < 1.29 is 4.79 Å². The first-order valence-electron chi connectivity index (χ1n) is 7.97. The molecule has 2 aliphatic rings. The lowest BCUT2D eigenvalue weighted by molar-refractivity contribution is -0.0226. The summed E-state index contributed by atoms with van der Waals surface area (Å²) in [6, 6.07) is 11.3. The molecule has 0 bridgehead atoms. The molecule has 0 spiro atoms. The fourth-order valence-corrected chi connectivity index (χ4v) is 3.47. The smallest absolute Gasteiger partial charge is 0.317 e. The molecule has 2 fully saturated rings. The van der Waals surface area contributed by atoms with Gasteiger partial charge >= 0.3 is 6.03 Å². The summed E-state index contributed by atoms with van der Waals surface area (Å²) in [7, 11) is 0. The molecule has 2 atom stereocenters. The van der Waals surface area contributed by atoms with E-state index in [2.05, 4.69) is 24.1 Å². The topological polar surface area (TPSA) is 35.6 Å². The highest BCUT2D eigenvalue weighted by molar-refractivity contribution is 5.75. The van der Waals surface area contributed by atoms with E-state index in [1.807, 2.05) is 35.2 Å². The van der Waals surface area contributed by atoms with Crippen LogP contribution in [0.5, 0.6) is 0 Å². The number of nitrogens with one attached hydrogen (secondary N) is 1. The fraction of sp³-hybridized carbons (Fsp3) is 0.588. The molecule has 0 unspecified atom stereocenters. The predicted molar refractivity (Wildman–Crippen MR) is 84.0 cm³/mol. The van der Waals surface area contributed by atoms with Crippen LogP contribution >= 0.6 is 0 Å². The summed E-state index contributed by atoms with van der Waals surface area (Å²) in [6.07, 6.45) is 1.11. The van der Waals surface area contributed by atoms with Gasteiger partial charge in [-0.15, -0.1) is 0 Å². The molecule has 0 aromatic heterocycles. The molecule has 3 rings (SSSR count). The summed E-state index contributed by atoms with van der Waals surface area (Å²) in [6.45, 7) is 8.29. The molecule has 21 heavy (non-hydrogen) atoms. The average Bonchev–Trinajstić information content (AvgIpc) is 2.47. The van der Waals surface area contributed by atoms with Gasteiger partial charge in [-0.2, -0.15) is 0 Å². The number of piperidine rings is 1. The SMILES string of the molecule is CC(C)N1CC[C@@H]2[C@H](C1)CN2C(=O)NCc1ccccc1. The number of benzene rings is 1. The Labute approximate surface area is 127 Å². The molecular formula is C17H25N3O. The summed E-state index contributed by atoms with van der Waals surface area (Å²) < 4.78 is 0. The molecule has 1 aromatic carbocycles. The highest BCUT2D eigenvalue weighted by Gasteiger charge is 2.44. The molecule has 2 saturated heterocycles. The van der Waals surface area contributed by atoms with Gasteiger partial charge in [0, 0.05) is 44.2 Å². The van der Waals surface area contributed by atoms with Crippen molar-refractivity contribution >= 4 is 6.03 Å². The minimum Gasteiger partial charge on any atom is -0.334 e. The van der Waals surface area contributed by atoms with Gasteiger partial charge < -0.3 is 15.1 Å². The van der Waals surface area contributed by atoms with Gasteiger partial charge in [-0.3, -0.25) is 0 Å². The van der Waals surface area contributed by atoms with Gasteiger partial charge in [0.2, 0.25) is 0 Å². The van der Waals surface area contributed by atoms with E-state index in [-0.39, 0.29) is 6.03 Å². The van der Waals surface area contributed by atoms with Crippen molar-refractivity contribution in [1.29, 1.82) is 0 Å². The Morgan fingerprint density at radius 3 is 2.71 bits per heavy atom. The zero-order chi connectivity index (χ0) is 14.8. The lowest BCUT2D eigenvalue weighted by Crippen LogP contribution is -2.67. The summed E-state index contributed by atoms with van der Waals surface area (Å²) >= 11 is 0. The maximum absolute atomic E-state index is 12.3. The first-order chi connectivity index (χ1) is 10.1. The van der Waals surface area contributed by atoms with E-state index in [0.717, 1.165) is 31.6 Å². The molecule has 4 heteroatoms. The predicted octanol–water partition coefficient (Wildman–Crippen LogP) is 2.31. The van der Waals surface area contributed by atoms with Gasteiger partial charge in [0.25, 0.3) is 0 Å². The van der Waals surface area contributed by atoms with Gasteiger partial charge in [-0.05, 0) is 25.8 Å². The Morgan fingerprint density at radius 2 is 2.05 bits per heavy atom. The molecule has 2 aliphatic heterocycles. The van der Waals surface area contributed by atoms with Crippen molar-refractivity contribution in [2.45, 2.75) is 38.9 Å². The van der Waals surface area contributed by atoms with Crippen molar-refractivity contribution in [1.82, 2.24) is 15.1 Å². The number of rotatable bonds is 3. The number of carbonyl (C=O) groups excluding carboxylic acids is 1. The molecule has 0 saturated carbocycles. The number of nitrogens with zero attached hydrogens (tertiary/aromatic N) is 2. The highest BCUT2D eigenvalue weighted by Crippen LogP contribution is 2.32. The minimum absolute atomic E-state index is 0.0955. The van der Waals surface area contributed by atoms with Gasteiger partial charge in [0.15, 0.2) is 0 Å². The molecule has 4 nitrogen and oxygen atoms in total. The number of fused-ring (bicyclic) bond motifs is 1. The maximum Gasteiger partial charge on any atom is 0.317 e. The molecule has 2 amide bonds. The van der Waals surface area contributed by atoms with Crippen molar-refractivity contribution in [2.75, 3.05) is 19.6 Å². The second-order valence-corrected chi connectivity index (χ2v) is 6.50. The third-order valence-electron chi connectivity index (χ3n) is 4.83. The zero-order valence-electron chi connectivity index (χ0n) is 13.0. The average molecular weight is 287 g/mol. The van der Waals surface area contributed by atoms with Crippen LogP contribution in [0.25, 0.3) is 0 Å². The van der Waals surface area contributed by atoms with E-state index < -0.39 is 0 Å². The van der Waals surface area contributed by atoms with Gasteiger partial charge in [-0.1, -0.05) is 30.3 Å². The number of likely N-dealkylation sites (tertiary alicyclic amines) is 2. The van der Waals surface area contributed by atoms with Crippen LogP contribution in [-0.2, 0) is 6.54 Å². The summed E-state index contributed by atoms with van der Waals surface area (Å²) in [4.78, 5) is 16.8. The number of hydrogen-bond donors (Lipinski definition) is 1. The second-order valence-electron chi connectivity index (χ2n) is 6.50. The fourth-order valence-electron chi connectivity index (χ4n) is 3.47. The van der Waals surface area contributed by atoms with E-state index in [1.165, 1.54) is 0 Å². The molecule has 1 aromatic rings. The summed E-state index contributed by atoms with van der Waals surface area (Å²) in [5.41, 5.74) is 1.15. The number of hydrogen-bond acceptors (Lipinski definition) is 2. The first kappa shape index (κ1) is 14.4. The molecule has 0 aliphatic carbocycles. The van der Waals surface area contributed by atoms with Gasteiger partial charge in [-0.25, -0.2) is 4.79 Å². The number of amides is 2. The van der Waals surface area contributed by atoms with Crippen LogP contribution in [0, 0.1) is 5.92 Å². The van der Waals surface area contributed by atoms with Crippen molar-refractivity contribution in [3.05, 3.63) is 35.9 Å². The molecule has 0 radical (unpaired) electrons. The van der Waals surface area contributed by atoms with Crippen LogP contribution in [0.2, 0.25) is 0 Å². The van der Waals surface area contributed by atoms with Crippen LogP contribution in [-0.4, -0.2) is 47.5 Å². The monoisotopic (exact) mass is 287 g/mol. The van der Waals surface area contributed by atoms with E-state index >= 15 is 0 Å². The standard InChI is InChI=1S/C17H25N3O/c1-13(2)19-9-8-16-15(11-19)12-20(16)17(21)18-10-14-6-4-3-5-7-14/h3-7,13,15-16H,8-12H2,1-2H3,(H,18,21)/t15-,16-/m1/s1. The van der Waals surface area contributed by atoms with E-state index in [1.54, 1.807) is 0 Å². The van der Waals surface area contributed by atoms with E-state index in [0.29, 0.717) is 24.5 Å². The van der Waals surface area contributed by atoms with Crippen LogP contribution < -0.4 is 5.32 Å². The number of carbonyl (C=O) groups is 1. The molecule has 114 valence electrons. The third-order valence-corrected chi connectivity index (χ3v) is 4.83. The summed E-state index contributed by atoms with van der Waals surface area (Å²) in [5.74, 6) is 0.670. The first-order valence-corrected chi connectivity index (χ1v) is 7.97. The van der Waals surface area contributed by atoms with E-state index in [9.17, 15) is 4.79 Å². The van der Waals surface area contributed by atoms with Crippen molar-refractivity contribution in [3.8, 4) is 0 Å². The highest BCUT2D eigenvalue weighted by atomic mass is 16.2. The third kappa shape index (κ3) is 3.05. The van der Waals surface area contributed by atoms with Gasteiger partial charge in [0.05, 0.1) is 0 Å². The number of urea groups is 1. The Morgan fingerprint density at radius 1 is 1.29 bits per heavy atom. The largest absolute Gasteiger partial charge is 0.334 e. The molecule has 2 heterocycles. The second kappa shape index (κ2) is 6.06. The van der Waals surface area contributed by atoms with Crippen LogP contribution in [0.1, 0.15) is 25.8 Å². The zero-order valence-corrected chi connectivity index (χ0v) is 13.0. The lowest BCUT2D eigenvalue weighted by Gasteiger charge is -2.53. The Bertz CT molecular complexity index is 488. The molecule has 1 N–H and O–H groups in total. The van der Waals surface area contributed by atoms with Crippen LogP contribution in [0.3, 0.4) is 0 Å². The molecular weight excluding hydrogens is 262 g/mol. The quantitative estimate of drug-likeness (QED) is 0.926. The lowest BCUT2D eigenvalue weighted by atomic mass is 9.82. The Balaban J connectivity index is 1.48. The van der Waals surface area contributed by atoms with Crippen LogP contribution in [0.15, 0.2) is 30.3 Å². The van der Waals surface area contributed by atoms with Crippen LogP contribution in [0.4, 0.5) is 4.79 Å². The van der Waals surface area contributed by atoms with Gasteiger partial charge in [0.1, 0.15) is 0 Å².